The molecule has 0 amide bonds. The average Bonchev–Trinajstić information content (AvgIpc) is 2.05. The standard InChI is InChI=1S/C9H16O2/c1-4-6-7-11-9(3,5-2)8-10/h4-5,10H,1-2,6-8H2,3H3. The molecule has 0 aliphatic rings. The van der Waals surface area contributed by atoms with E-state index in [9.17, 15) is 0 Å². The summed E-state index contributed by atoms with van der Waals surface area (Å²) in [6, 6.07) is 0. The fourth-order valence-electron chi connectivity index (χ4n) is 0.545. The zero-order valence-electron chi connectivity index (χ0n) is 7.05. The van der Waals surface area contributed by atoms with Crippen molar-refractivity contribution >= 4 is 0 Å². The summed E-state index contributed by atoms with van der Waals surface area (Å²) in [5.74, 6) is 0. The second kappa shape index (κ2) is 5.10. The predicted octanol–water partition coefficient (Wildman–Crippen LogP) is 1.52. The molecule has 1 N–H and O–H groups in total. The predicted molar refractivity (Wildman–Crippen MR) is 46.5 cm³/mol. The highest BCUT2D eigenvalue weighted by molar-refractivity contribution is 4.93. The number of aliphatic hydroxyl groups is 1. The Labute approximate surface area is 68.2 Å². The molecule has 0 aromatic heterocycles. The molecule has 2 nitrogen and oxygen atoms in total. The van der Waals surface area contributed by atoms with Crippen molar-refractivity contribution in [2.45, 2.75) is 18.9 Å². The Balaban J connectivity index is 3.68. The van der Waals surface area contributed by atoms with E-state index in [1.54, 1.807) is 19.1 Å². The highest BCUT2D eigenvalue weighted by Gasteiger charge is 2.18. The molecule has 0 aromatic rings. The van der Waals surface area contributed by atoms with Crippen LogP contribution in [0.4, 0.5) is 0 Å². The molecule has 2 heteroatoms. The molecule has 0 saturated heterocycles. The number of rotatable bonds is 6. The molecular formula is C9H16O2. The van der Waals surface area contributed by atoms with Crippen molar-refractivity contribution in [3.63, 3.8) is 0 Å². The minimum atomic E-state index is -0.594. The van der Waals surface area contributed by atoms with Crippen LogP contribution in [-0.4, -0.2) is 23.9 Å². The van der Waals surface area contributed by atoms with Crippen LogP contribution in [0.3, 0.4) is 0 Å². The van der Waals surface area contributed by atoms with E-state index < -0.39 is 5.60 Å². The summed E-state index contributed by atoms with van der Waals surface area (Å²) in [5.41, 5.74) is -0.594. The number of aliphatic hydroxyl groups excluding tert-OH is 1. The fraction of sp³-hybridized carbons (Fsp3) is 0.556. The SMILES string of the molecule is C=CCCOC(C)(C=C)CO. The molecule has 0 heterocycles. The smallest absolute Gasteiger partial charge is 0.106 e. The second-order valence-electron chi connectivity index (χ2n) is 2.60. The number of ether oxygens (including phenoxy) is 1. The third kappa shape index (κ3) is 3.96. The summed E-state index contributed by atoms with van der Waals surface area (Å²) < 4.78 is 5.33. The van der Waals surface area contributed by atoms with Crippen molar-refractivity contribution in [1.82, 2.24) is 0 Å². The van der Waals surface area contributed by atoms with Crippen LogP contribution in [0, 0.1) is 0 Å². The molecule has 0 radical (unpaired) electrons. The molecule has 0 saturated carbocycles. The van der Waals surface area contributed by atoms with Gasteiger partial charge in [0.1, 0.15) is 5.60 Å². The molecule has 1 unspecified atom stereocenters. The molecule has 0 fully saturated rings. The first-order chi connectivity index (χ1) is 5.18. The minimum Gasteiger partial charge on any atom is -0.393 e. The van der Waals surface area contributed by atoms with Crippen molar-refractivity contribution < 1.29 is 9.84 Å². The quantitative estimate of drug-likeness (QED) is 0.466. The Hall–Kier alpha value is -0.600. The third-order valence-corrected chi connectivity index (χ3v) is 1.50. The van der Waals surface area contributed by atoms with E-state index in [4.69, 9.17) is 9.84 Å². The highest BCUT2D eigenvalue weighted by Crippen LogP contribution is 2.10. The molecule has 0 aromatic carbocycles. The zero-order chi connectivity index (χ0) is 8.74. The lowest BCUT2D eigenvalue weighted by Crippen LogP contribution is -2.30. The van der Waals surface area contributed by atoms with E-state index in [1.165, 1.54) is 0 Å². The molecule has 1 atom stereocenters. The van der Waals surface area contributed by atoms with Gasteiger partial charge in [-0.15, -0.1) is 13.2 Å². The Bertz CT molecular complexity index is 132. The Morgan fingerprint density at radius 1 is 1.55 bits per heavy atom. The van der Waals surface area contributed by atoms with Crippen LogP contribution < -0.4 is 0 Å². The average molecular weight is 156 g/mol. The van der Waals surface area contributed by atoms with Gasteiger partial charge in [0.25, 0.3) is 0 Å². The van der Waals surface area contributed by atoms with Crippen molar-refractivity contribution in [2.75, 3.05) is 13.2 Å². The van der Waals surface area contributed by atoms with Crippen LogP contribution in [-0.2, 0) is 4.74 Å². The van der Waals surface area contributed by atoms with E-state index in [0.29, 0.717) is 6.61 Å². The van der Waals surface area contributed by atoms with Crippen molar-refractivity contribution in [3.05, 3.63) is 25.3 Å². The van der Waals surface area contributed by atoms with E-state index in [-0.39, 0.29) is 6.61 Å². The molecule has 0 aliphatic carbocycles. The molecule has 0 bridgehead atoms. The van der Waals surface area contributed by atoms with Gasteiger partial charge in [-0.3, -0.25) is 0 Å². The van der Waals surface area contributed by atoms with Crippen LogP contribution >= 0.6 is 0 Å². The minimum absolute atomic E-state index is 0.0341. The van der Waals surface area contributed by atoms with Crippen LogP contribution in [0.5, 0.6) is 0 Å². The second-order valence-corrected chi connectivity index (χ2v) is 2.60. The van der Waals surface area contributed by atoms with E-state index >= 15 is 0 Å². The van der Waals surface area contributed by atoms with Crippen LogP contribution in [0.15, 0.2) is 25.3 Å². The van der Waals surface area contributed by atoms with Gasteiger partial charge in [-0.1, -0.05) is 12.2 Å². The van der Waals surface area contributed by atoms with Gasteiger partial charge in [-0.25, -0.2) is 0 Å². The first-order valence-electron chi connectivity index (χ1n) is 3.68. The highest BCUT2D eigenvalue weighted by atomic mass is 16.5. The van der Waals surface area contributed by atoms with Crippen LogP contribution in [0.25, 0.3) is 0 Å². The first kappa shape index (κ1) is 10.4. The molecule has 64 valence electrons. The van der Waals surface area contributed by atoms with Gasteiger partial charge in [0.15, 0.2) is 0 Å². The van der Waals surface area contributed by atoms with Gasteiger partial charge in [0.05, 0.1) is 13.2 Å². The van der Waals surface area contributed by atoms with E-state index in [1.807, 2.05) is 0 Å². The molecule has 0 aliphatic heterocycles. The lowest BCUT2D eigenvalue weighted by molar-refractivity contribution is -0.0299. The lowest BCUT2D eigenvalue weighted by atomic mass is 10.1. The normalized spacial score (nSPS) is 15.5. The van der Waals surface area contributed by atoms with Gasteiger partial charge in [0.2, 0.25) is 0 Å². The van der Waals surface area contributed by atoms with Gasteiger partial charge in [-0.05, 0) is 13.3 Å². The Morgan fingerprint density at radius 2 is 2.18 bits per heavy atom. The molecular weight excluding hydrogens is 140 g/mol. The van der Waals surface area contributed by atoms with Crippen LogP contribution in [0.1, 0.15) is 13.3 Å². The topological polar surface area (TPSA) is 29.5 Å². The molecule has 0 spiro atoms. The zero-order valence-corrected chi connectivity index (χ0v) is 7.05. The molecule has 0 rings (SSSR count). The van der Waals surface area contributed by atoms with Crippen LogP contribution in [0.2, 0.25) is 0 Å². The monoisotopic (exact) mass is 156 g/mol. The van der Waals surface area contributed by atoms with Crippen molar-refractivity contribution in [2.24, 2.45) is 0 Å². The van der Waals surface area contributed by atoms with Crippen molar-refractivity contribution in [3.8, 4) is 0 Å². The largest absolute Gasteiger partial charge is 0.393 e. The maximum atomic E-state index is 8.86. The van der Waals surface area contributed by atoms with E-state index in [0.717, 1.165) is 6.42 Å². The maximum absolute atomic E-state index is 8.86. The summed E-state index contributed by atoms with van der Waals surface area (Å²) in [7, 11) is 0. The summed E-state index contributed by atoms with van der Waals surface area (Å²) in [6.45, 7) is 9.47. The number of hydrogen-bond donors (Lipinski definition) is 1. The summed E-state index contributed by atoms with van der Waals surface area (Å²) in [6.07, 6.45) is 4.18. The summed E-state index contributed by atoms with van der Waals surface area (Å²) >= 11 is 0. The number of hydrogen-bond acceptors (Lipinski definition) is 2. The van der Waals surface area contributed by atoms with E-state index in [2.05, 4.69) is 13.2 Å². The van der Waals surface area contributed by atoms with Gasteiger partial charge >= 0.3 is 0 Å². The van der Waals surface area contributed by atoms with Gasteiger partial charge < -0.3 is 9.84 Å². The first-order valence-corrected chi connectivity index (χ1v) is 3.68. The maximum Gasteiger partial charge on any atom is 0.106 e. The van der Waals surface area contributed by atoms with Gasteiger partial charge in [-0.2, -0.15) is 0 Å². The summed E-state index contributed by atoms with van der Waals surface area (Å²) in [4.78, 5) is 0. The molecule has 11 heavy (non-hydrogen) atoms. The summed E-state index contributed by atoms with van der Waals surface area (Å²) in [5, 5.41) is 8.86. The Kier molecular flexibility index (Phi) is 4.83. The fourth-order valence-corrected chi connectivity index (χ4v) is 0.545. The van der Waals surface area contributed by atoms with Crippen molar-refractivity contribution in [1.29, 1.82) is 0 Å². The van der Waals surface area contributed by atoms with Gasteiger partial charge in [0, 0.05) is 0 Å². The lowest BCUT2D eigenvalue weighted by Gasteiger charge is -2.23. The third-order valence-electron chi connectivity index (χ3n) is 1.50. The Morgan fingerprint density at radius 3 is 2.55 bits per heavy atom.